The zero-order chi connectivity index (χ0) is 30.8. The number of hydrogen-bond acceptors (Lipinski definition) is 10. The van der Waals surface area contributed by atoms with Crippen LogP contribution in [0.15, 0.2) is 54.6 Å². The molecular formula is C34H45N7O4. The van der Waals surface area contributed by atoms with E-state index in [0.717, 1.165) is 23.1 Å². The van der Waals surface area contributed by atoms with E-state index >= 15 is 0 Å². The smallest absolute Gasteiger partial charge is 0.251 e. The topological polar surface area (TPSA) is 132 Å². The lowest BCUT2D eigenvalue weighted by atomic mass is 9.54. The Morgan fingerprint density at radius 2 is 1.36 bits per heavy atom. The van der Waals surface area contributed by atoms with Crippen molar-refractivity contribution in [1.29, 1.82) is 0 Å². The summed E-state index contributed by atoms with van der Waals surface area (Å²) in [5, 5.41) is 13.3. The van der Waals surface area contributed by atoms with Crippen LogP contribution in [-0.2, 0) is 16.0 Å². The van der Waals surface area contributed by atoms with E-state index in [1.807, 2.05) is 42.5 Å². The van der Waals surface area contributed by atoms with Gasteiger partial charge < -0.3 is 35.5 Å². The lowest BCUT2D eigenvalue weighted by Gasteiger charge is -2.54. The van der Waals surface area contributed by atoms with Crippen LogP contribution in [0.2, 0.25) is 0 Å². The molecule has 3 aromatic rings. The van der Waals surface area contributed by atoms with Gasteiger partial charge in [0.1, 0.15) is 5.75 Å². The van der Waals surface area contributed by atoms with Crippen LogP contribution in [0, 0.1) is 23.7 Å². The molecule has 1 amide bonds. The molecule has 1 aromatic heterocycles. The highest BCUT2D eigenvalue weighted by atomic mass is 16.5. The Morgan fingerprint density at radius 1 is 0.733 bits per heavy atom. The number of carbonyl (C=O) groups is 1. The largest absolute Gasteiger partial charge is 0.497 e. The first-order valence-electron chi connectivity index (χ1n) is 16.2. The Kier molecular flexibility index (Phi) is 10.6. The SMILES string of the molecule is COc1ccc(CNc2nc(NCCOCCOCCNC(=O)c3ccccc3)nc(NC3C4CC5CC(C4)CC3C5)n2)cc1. The average Bonchev–Trinajstić information content (AvgIpc) is 3.06. The summed E-state index contributed by atoms with van der Waals surface area (Å²) in [4.78, 5) is 26.2. The van der Waals surface area contributed by atoms with Gasteiger partial charge in [-0.05, 0) is 85.6 Å². The maximum Gasteiger partial charge on any atom is 0.251 e. The molecule has 4 N–H and O–H groups in total. The summed E-state index contributed by atoms with van der Waals surface area (Å²) in [6, 6.07) is 17.5. The first kappa shape index (κ1) is 31.0. The van der Waals surface area contributed by atoms with Crippen molar-refractivity contribution < 1.29 is 19.0 Å². The minimum Gasteiger partial charge on any atom is -0.497 e. The minimum absolute atomic E-state index is 0.102. The summed E-state index contributed by atoms with van der Waals surface area (Å²) in [5.41, 5.74) is 1.75. The fourth-order valence-electron chi connectivity index (χ4n) is 7.32. The van der Waals surface area contributed by atoms with Gasteiger partial charge in [-0.3, -0.25) is 4.79 Å². The van der Waals surface area contributed by atoms with Crippen LogP contribution in [0.4, 0.5) is 17.8 Å². The predicted octanol–water partition coefficient (Wildman–Crippen LogP) is 4.60. The molecule has 4 bridgehead atoms. The molecule has 4 saturated carbocycles. The summed E-state index contributed by atoms with van der Waals surface area (Å²) in [7, 11) is 1.67. The Morgan fingerprint density at radius 3 is 2.02 bits per heavy atom. The number of amides is 1. The second-order valence-corrected chi connectivity index (χ2v) is 12.4. The van der Waals surface area contributed by atoms with Gasteiger partial charge in [0.05, 0.1) is 33.5 Å². The van der Waals surface area contributed by atoms with E-state index in [1.165, 1.54) is 32.1 Å². The summed E-state index contributed by atoms with van der Waals surface area (Å²) in [6.07, 6.45) is 6.74. The van der Waals surface area contributed by atoms with E-state index in [9.17, 15) is 4.79 Å². The Hall–Kier alpha value is -3.96. The van der Waals surface area contributed by atoms with Crippen LogP contribution in [0.3, 0.4) is 0 Å². The maximum atomic E-state index is 12.1. The number of rotatable bonds is 17. The van der Waals surface area contributed by atoms with Crippen LogP contribution in [-0.4, -0.2) is 73.5 Å². The number of benzene rings is 2. The van der Waals surface area contributed by atoms with E-state index in [1.54, 1.807) is 19.2 Å². The maximum absolute atomic E-state index is 12.1. The molecular weight excluding hydrogens is 570 g/mol. The van der Waals surface area contributed by atoms with Gasteiger partial charge in [-0.15, -0.1) is 0 Å². The van der Waals surface area contributed by atoms with Crippen molar-refractivity contribution >= 4 is 23.8 Å². The van der Waals surface area contributed by atoms with E-state index in [2.05, 4.69) is 26.3 Å². The van der Waals surface area contributed by atoms with Gasteiger partial charge >= 0.3 is 0 Å². The minimum atomic E-state index is -0.102. The Bertz CT molecular complexity index is 1350. The molecule has 11 nitrogen and oxygen atoms in total. The van der Waals surface area contributed by atoms with Crippen molar-refractivity contribution in [3.05, 3.63) is 65.7 Å². The number of hydrogen-bond donors (Lipinski definition) is 4. The van der Waals surface area contributed by atoms with Gasteiger partial charge in [-0.25, -0.2) is 0 Å². The standard InChI is InChI=1S/C34H45N7O4/c1-43-29-9-7-23(8-10-29)22-37-33-39-32(40-34(41-33)38-30-27-18-24-17-25(20-27)21-28(30)19-24)36-12-14-45-16-15-44-13-11-35-31(42)26-5-3-2-4-6-26/h2-10,24-25,27-28,30H,11-22H2,1H3,(H,35,42)(H3,36,37,38,39,40,41). The predicted molar refractivity (Wildman–Crippen MR) is 174 cm³/mol. The zero-order valence-electron chi connectivity index (χ0n) is 26.0. The molecule has 45 heavy (non-hydrogen) atoms. The van der Waals surface area contributed by atoms with E-state index in [-0.39, 0.29) is 5.91 Å². The third kappa shape index (κ3) is 8.61. The second kappa shape index (κ2) is 15.4. The monoisotopic (exact) mass is 615 g/mol. The van der Waals surface area contributed by atoms with Crippen molar-refractivity contribution in [2.75, 3.05) is 62.6 Å². The quantitative estimate of drug-likeness (QED) is 0.160. The zero-order valence-corrected chi connectivity index (χ0v) is 26.0. The van der Waals surface area contributed by atoms with Crippen molar-refractivity contribution in [2.24, 2.45) is 23.7 Å². The normalized spacial score (nSPS) is 23.0. The highest BCUT2D eigenvalue weighted by molar-refractivity contribution is 5.94. The number of methoxy groups -OCH3 is 1. The fraction of sp³-hybridized carbons (Fsp3) is 0.529. The molecule has 7 rings (SSSR count). The molecule has 0 saturated heterocycles. The Balaban J connectivity index is 0.958. The van der Waals surface area contributed by atoms with E-state index in [4.69, 9.17) is 24.2 Å². The molecule has 0 radical (unpaired) electrons. The number of nitrogens with zero attached hydrogens (tertiary/aromatic N) is 3. The molecule has 0 unspecified atom stereocenters. The highest BCUT2D eigenvalue weighted by Crippen LogP contribution is 2.54. The lowest BCUT2D eigenvalue weighted by Crippen LogP contribution is -2.51. The number of carbonyl (C=O) groups excluding carboxylic acids is 1. The molecule has 4 aliphatic rings. The first-order valence-corrected chi connectivity index (χ1v) is 16.2. The van der Waals surface area contributed by atoms with Gasteiger partial charge in [0, 0.05) is 31.2 Å². The highest BCUT2D eigenvalue weighted by Gasteiger charge is 2.48. The van der Waals surface area contributed by atoms with E-state index < -0.39 is 0 Å². The van der Waals surface area contributed by atoms with Crippen LogP contribution in [0.5, 0.6) is 5.75 Å². The van der Waals surface area contributed by atoms with Crippen LogP contribution >= 0.6 is 0 Å². The summed E-state index contributed by atoms with van der Waals surface area (Å²) < 4.78 is 16.6. The molecule has 4 fully saturated rings. The number of ether oxygens (including phenoxy) is 3. The molecule has 4 aliphatic carbocycles. The van der Waals surface area contributed by atoms with Gasteiger partial charge in [-0.2, -0.15) is 15.0 Å². The summed E-state index contributed by atoms with van der Waals surface area (Å²) in [5.74, 6) is 5.63. The molecule has 0 atom stereocenters. The van der Waals surface area contributed by atoms with Crippen LogP contribution in [0.1, 0.15) is 48.0 Å². The van der Waals surface area contributed by atoms with Gasteiger partial charge in [0.15, 0.2) is 0 Å². The average molecular weight is 616 g/mol. The molecule has 0 aliphatic heterocycles. The fourth-order valence-corrected chi connectivity index (χ4v) is 7.32. The lowest BCUT2D eigenvalue weighted by molar-refractivity contribution is 0.00728. The summed E-state index contributed by atoms with van der Waals surface area (Å²) in [6.45, 7) is 3.40. The van der Waals surface area contributed by atoms with Crippen molar-refractivity contribution in [1.82, 2.24) is 20.3 Å². The third-order valence-electron chi connectivity index (χ3n) is 9.24. The third-order valence-corrected chi connectivity index (χ3v) is 9.24. The van der Waals surface area contributed by atoms with Crippen molar-refractivity contribution in [3.63, 3.8) is 0 Å². The molecule has 0 spiro atoms. The van der Waals surface area contributed by atoms with Gasteiger partial charge in [-0.1, -0.05) is 30.3 Å². The summed E-state index contributed by atoms with van der Waals surface area (Å²) >= 11 is 0. The van der Waals surface area contributed by atoms with Gasteiger partial charge in [0.2, 0.25) is 17.8 Å². The van der Waals surface area contributed by atoms with Crippen LogP contribution in [0.25, 0.3) is 0 Å². The molecule has 240 valence electrons. The van der Waals surface area contributed by atoms with Crippen LogP contribution < -0.4 is 26.0 Å². The number of aromatic nitrogens is 3. The molecule has 2 aromatic carbocycles. The molecule has 11 heteroatoms. The van der Waals surface area contributed by atoms with Crippen molar-refractivity contribution in [2.45, 2.75) is 44.7 Å². The first-order chi connectivity index (χ1) is 22.1. The second-order valence-electron chi connectivity index (χ2n) is 12.4. The van der Waals surface area contributed by atoms with Gasteiger partial charge in [0.25, 0.3) is 5.91 Å². The molecule has 1 heterocycles. The number of anilines is 3. The number of nitrogens with one attached hydrogen (secondary N) is 4. The van der Waals surface area contributed by atoms with E-state index in [0.29, 0.717) is 87.3 Å². The van der Waals surface area contributed by atoms with Crippen molar-refractivity contribution in [3.8, 4) is 5.75 Å². The Labute approximate surface area is 265 Å².